The molecule has 0 saturated carbocycles. The molecule has 0 fully saturated rings. The first-order valence-corrected chi connectivity index (χ1v) is 4.29. The first-order valence-electron chi connectivity index (χ1n) is 4.29. The van der Waals surface area contributed by atoms with E-state index in [2.05, 4.69) is 15.2 Å². The largest absolute Gasteiger partial charge is 0.382 e. The Morgan fingerprint density at radius 1 is 1.07 bits per heavy atom. The van der Waals surface area contributed by atoms with Gasteiger partial charge in [-0.15, -0.1) is 10.2 Å². The SMILES string of the molecule is Cc1nnc(-c2ccccc2)c(N)n1. The summed E-state index contributed by atoms with van der Waals surface area (Å²) in [6, 6.07) is 9.65. The van der Waals surface area contributed by atoms with Gasteiger partial charge in [0.25, 0.3) is 0 Å². The first kappa shape index (κ1) is 8.62. The van der Waals surface area contributed by atoms with E-state index < -0.39 is 0 Å². The lowest BCUT2D eigenvalue weighted by Crippen LogP contribution is -2.01. The molecule has 1 aromatic carbocycles. The van der Waals surface area contributed by atoms with Gasteiger partial charge in [-0.3, -0.25) is 0 Å². The number of nitrogens with zero attached hydrogens (tertiary/aromatic N) is 3. The maximum Gasteiger partial charge on any atom is 0.154 e. The lowest BCUT2D eigenvalue weighted by Gasteiger charge is -2.02. The molecule has 0 radical (unpaired) electrons. The Kier molecular flexibility index (Phi) is 2.10. The average Bonchev–Trinajstić information content (AvgIpc) is 2.19. The third-order valence-electron chi connectivity index (χ3n) is 1.87. The molecule has 0 atom stereocenters. The number of nitrogens with two attached hydrogens (primary N) is 1. The van der Waals surface area contributed by atoms with Crippen LogP contribution in [0.4, 0.5) is 5.82 Å². The van der Waals surface area contributed by atoms with Crippen molar-refractivity contribution in [3.8, 4) is 11.3 Å². The topological polar surface area (TPSA) is 64.7 Å². The highest BCUT2D eigenvalue weighted by atomic mass is 15.2. The Bertz CT molecular complexity index is 439. The summed E-state index contributed by atoms with van der Waals surface area (Å²) in [5, 5.41) is 7.89. The molecule has 1 heterocycles. The smallest absolute Gasteiger partial charge is 0.154 e. The fourth-order valence-corrected chi connectivity index (χ4v) is 1.22. The van der Waals surface area contributed by atoms with Crippen LogP contribution >= 0.6 is 0 Å². The van der Waals surface area contributed by atoms with Gasteiger partial charge in [0.15, 0.2) is 5.82 Å². The number of anilines is 1. The van der Waals surface area contributed by atoms with E-state index in [9.17, 15) is 0 Å². The minimum Gasteiger partial charge on any atom is -0.382 e. The number of aryl methyl sites for hydroxylation is 1. The molecule has 0 aliphatic rings. The maximum atomic E-state index is 5.74. The zero-order valence-electron chi connectivity index (χ0n) is 7.81. The van der Waals surface area contributed by atoms with Crippen molar-refractivity contribution in [3.05, 3.63) is 36.2 Å². The normalized spacial score (nSPS) is 10.1. The number of hydrogen-bond acceptors (Lipinski definition) is 4. The second-order valence-electron chi connectivity index (χ2n) is 2.96. The summed E-state index contributed by atoms with van der Waals surface area (Å²) in [5.41, 5.74) is 7.31. The Morgan fingerprint density at radius 3 is 2.43 bits per heavy atom. The van der Waals surface area contributed by atoms with Crippen LogP contribution in [0, 0.1) is 6.92 Å². The van der Waals surface area contributed by atoms with Crippen LogP contribution in [0.3, 0.4) is 0 Å². The fourth-order valence-electron chi connectivity index (χ4n) is 1.22. The van der Waals surface area contributed by atoms with E-state index in [1.807, 2.05) is 30.3 Å². The molecule has 0 spiro atoms. The summed E-state index contributed by atoms with van der Waals surface area (Å²) in [6.45, 7) is 1.76. The van der Waals surface area contributed by atoms with Gasteiger partial charge in [0.1, 0.15) is 11.5 Å². The molecule has 2 N–H and O–H groups in total. The van der Waals surface area contributed by atoms with Crippen LogP contribution in [0.5, 0.6) is 0 Å². The maximum absolute atomic E-state index is 5.74. The van der Waals surface area contributed by atoms with E-state index in [-0.39, 0.29) is 0 Å². The predicted molar refractivity (Wildman–Crippen MR) is 54.4 cm³/mol. The van der Waals surface area contributed by atoms with Gasteiger partial charge in [0, 0.05) is 5.56 Å². The molecule has 4 heteroatoms. The van der Waals surface area contributed by atoms with E-state index >= 15 is 0 Å². The molecule has 0 saturated heterocycles. The summed E-state index contributed by atoms with van der Waals surface area (Å²) in [6.07, 6.45) is 0. The summed E-state index contributed by atoms with van der Waals surface area (Å²) in [4.78, 5) is 4.05. The van der Waals surface area contributed by atoms with E-state index in [0.29, 0.717) is 17.3 Å². The standard InChI is InChI=1S/C10H10N4/c1-7-12-10(11)9(14-13-7)8-5-3-2-4-6-8/h2-6H,1H3,(H2,11,12,13). The number of rotatable bonds is 1. The van der Waals surface area contributed by atoms with Gasteiger partial charge in [-0.2, -0.15) is 0 Å². The molecule has 2 aromatic rings. The molecular weight excluding hydrogens is 176 g/mol. The minimum atomic E-state index is 0.420. The van der Waals surface area contributed by atoms with Crippen molar-refractivity contribution in [2.45, 2.75) is 6.92 Å². The highest BCUT2D eigenvalue weighted by molar-refractivity contribution is 5.68. The van der Waals surface area contributed by atoms with Gasteiger partial charge >= 0.3 is 0 Å². The lowest BCUT2D eigenvalue weighted by molar-refractivity contribution is 0.920. The first-order chi connectivity index (χ1) is 6.77. The van der Waals surface area contributed by atoms with Crippen LogP contribution in [0.15, 0.2) is 30.3 Å². The van der Waals surface area contributed by atoms with Crippen molar-refractivity contribution >= 4 is 5.82 Å². The van der Waals surface area contributed by atoms with Gasteiger partial charge in [-0.25, -0.2) is 4.98 Å². The van der Waals surface area contributed by atoms with Crippen molar-refractivity contribution in [3.63, 3.8) is 0 Å². The quantitative estimate of drug-likeness (QED) is 0.731. The summed E-state index contributed by atoms with van der Waals surface area (Å²) in [5.74, 6) is 1.01. The molecule has 2 rings (SSSR count). The Balaban J connectivity index is 2.53. The van der Waals surface area contributed by atoms with Gasteiger partial charge in [0.05, 0.1) is 0 Å². The third kappa shape index (κ3) is 1.54. The van der Waals surface area contributed by atoms with E-state index in [1.165, 1.54) is 0 Å². The average molecular weight is 186 g/mol. The predicted octanol–water partition coefficient (Wildman–Crippen LogP) is 1.43. The van der Waals surface area contributed by atoms with Gasteiger partial charge in [-0.1, -0.05) is 30.3 Å². The van der Waals surface area contributed by atoms with Gasteiger partial charge in [0.2, 0.25) is 0 Å². The van der Waals surface area contributed by atoms with Gasteiger partial charge < -0.3 is 5.73 Å². The highest BCUT2D eigenvalue weighted by Gasteiger charge is 2.05. The molecule has 0 unspecified atom stereocenters. The zero-order chi connectivity index (χ0) is 9.97. The van der Waals surface area contributed by atoms with Crippen molar-refractivity contribution in [2.24, 2.45) is 0 Å². The van der Waals surface area contributed by atoms with Crippen LogP contribution in [-0.4, -0.2) is 15.2 Å². The molecule has 0 amide bonds. The molecule has 14 heavy (non-hydrogen) atoms. The monoisotopic (exact) mass is 186 g/mol. The van der Waals surface area contributed by atoms with Crippen LogP contribution in [0.2, 0.25) is 0 Å². The molecule has 0 aliphatic carbocycles. The Labute approximate surface area is 81.8 Å². The van der Waals surface area contributed by atoms with Crippen LogP contribution in [-0.2, 0) is 0 Å². The molecular formula is C10H10N4. The van der Waals surface area contributed by atoms with Crippen molar-refractivity contribution < 1.29 is 0 Å². The Morgan fingerprint density at radius 2 is 1.79 bits per heavy atom. The van der Waals surface area contributed by atoms with Crippen molar-refractivity contribution in [1.82, 2.24) is 15.2 Å². The molecule has 0 aliphatic heterocycles. The second-order valence-corrected chi connectivity index (χ2v) is 2.96. The van der Waals surface area contributed by atoms with Gasteiger partial charge in [-0.05, 0) is 6.92 Å². The van der Waals surface area contributed by atoms with Crippen LogP contribution in [0.1, 0.15) is 5.82 Å². The van der Waals surface area contributed by atoms with E-state index in [4.69, 9.17) is 5.73 Å². The van der Waals surface area contributed by atoms with Crippen molar-refractivity contribution in [1.29, 1.82) is 0 Å². The number of aromatic nitrogens is 3. The number of nitrogen functional groups attached to an aromatic ring is 1. The molecule has 4 nitrogen and oxygen atoms in total. The molecule has 1 aromatic heterocycles. The second kappa shape index (κ2) is 3.41. The highest BCUT2D eigenvalue weighted by Crippen LogP contribution is 2.19. The van der Waals surface area contributed by atoms with E-state index in [0.717, 1.165) is 5.56 Å². The van der Waals surface area contributed by atoms with Crippen LogP contribution in [0.25, 0.3) is 11.3 Å². The number of benzene rings is 1. The Hall–Kier alpha value is -1.97. The number of hydrogen-bond donors (Lipinski definition) is 1. The summed E-state index contributed by atoms with van der Waals surface area (Å²) >= 11 is 0. The van der Waals surface area contributed by atoms with E-state index in [1.54, 1.807) is 6.92 Å². The summed E-state index contributed by atoms with van der Waals surface area (Å²) < 4.78 is 0. The van der Waals surface area contributed by atoms with Crippen LogP contribution < -0.4 is 5.73 Å². The summed E-state index contributed by atoms with van der Waals surface area (Å²) in [7, 11) is 0. The molecule has 0 bridgehead atoms. The third-order valence-corrected chi connectivity index (χ3v) is 1.87. The fraction of sp³-hybridized carbons (Fsp3) is 0.100. The lowest BCUT2D eigenvalue weighted by atomic mass is 10.1. The van der Waals surface area contributed by atoms with Crippen molar-refractivity contribution in [2.75, 3.05) is 5.73 Å². The zero-order valence-corrected chi connectivity index (χ0v) is 7.81. The minimum absolute atomic E-state index is 0.420. The molecule has 70 valence electrons.